The Morgan fingerprint density at radius 1 is 1.25 bits per heavy atom. The van der Waals surface area contributed by atoms with E-state index in [0.717, 1.165) is 49.2 Å². The lowest BCUT2D eigenvalue weighted by Gasteiger charge is -2.25. The first-order valence-electron chi connectivity index (χ1n) is 7.17. The highest BCUT2D eigenvalue weighted by Gasteiger charge is 2.17. The second-order valence-electron chi connectivity index (χ2n) is 5.29. The molecule has 2 rings (SSSR count). The summed E-state index contributed by atoms with van der Waals surface area (Å²) in [4.78, 5) is 4.67. The Balaban J connectivity index is 2.07. The van der Waals surface area contributed by atoms with Crippen LogP contribution >= 0.6 is 15.9 Å². The number of anilines is 1. The summed E-state index contributed by atoms with van der Waals surface area (Å²) in [5.41, 5.74) is 2.11. The minimum Gasteiger partial charge on any atom is -0.395 e. The zero-order chi connectivity index (χ0) is 14.5. The molecule has 0 aliphatic carbocycles. The number of aliphatic hydroxyl groups excluding tert-OH is 2. The average Bonchev–Trinajstić information content (AvgIpc) is 2.65. The standard InChI is InChI=1S/C15H23BrN2O2/c1-12(20)13-3-4-15(14(16)11-13)18-6-2-5-17(7-8-18)9-10-19/h3-4,11-12,19-20H,2,5-10H2,1H3/t12-/m1/s1. The Kier molecular flexibility index (Phi) is 5.84. The van der Waals surface area contributed by atoms with Gasteiger partial charge in [0.1, 0.15) is 0 Å². The molecule has 0 aromatic heterocycles. The van der Waals surface area contributed by atoms with E-state index in [2.05, 4.69) is 31.8 Å². The van der Waals surface area contributed by atoms with Crippen molar-refractivity contribution in [2.75, 3.05) is 44.2 Å². The van der Waals surface area contributed by atoms with E-state index >= 15 is 0 Å². The Bertz CT molecular complexity index is 440. The van der Waals surface area contributed by atoms with E-state index in [0.29, 0.717) is 0 Å². The van der Waals surface area contributed by atoms with Gasteiger partial charge in [0.05, 0.1) is 18.4 Å². The maximum absolute atomic E-state index is 9.62. The fourth-order valence-corrected chi connectivity index (χ4v) is 3.26. The smallest absolute Gasteiger partial charge is 0.0762 e. The molecule has 20 heavy (non-hydrogen) atoms. The predicted molar refractivity (Wildman–Crippen MR) is 85.1 cm³/mol. The van der Waals surface area contributed by atoms with E-state index in [1.54, 1.807) is 6.92 Å². The molecule has 1 aliphatic heterocycles. The molecule has 1 heterocycles. The molecule has 0 amide bonds. The molecule has 1 fully saturated rings. The van der Waals surface area contributed by atoms with Crippen LogP contribution in [-0.4, -0.2) is 54.4 Å². The van der Waals surface area contributed by atoms with Gasteiger partial charge in [-0.1, -0.05) is 6.07 Å². The first kappa shape index (κ1) is 15.8. The van der Waals surface area contributed by atoms with Crippen molar-refractivity contribution < 1.29 is 10.2 Å². The Labute approximate surface area is 129 Å². The van der Waals surface area contributed by atoms with Crippen molar-refractivity contribution in [1.82, 2.24) is 4.90 Å². The van der Waals surface area contributed by atoms with Crippen LogP contribution in [-0.2, 0) is 0 Å². The summed E-state index contributed by atoms with van der Waals surface area (Å²) in [5.74, 6) is 0. The maximum Gasteiger partial charge on any atom is 0.0762 e. The van der Waals surface area contributed by atoms with E-state index in [4.69, 9.17) is 5.11 Å². The molecule has 0 bridgehead atoms. The Hall–Kier alpha value is -0.620. The molecular formula is C15H23BrN2O2. The summed E-state index contributed by atoms with van der Waals surface area (Å²) in [6.45, 7) is 6.77. The normalized spacial score (nSPS) is 18.9. The molecule has 0 radical (unpaired) electrons. The maximum atomic E-state index is 9.62. The van der Waals surface area contributed by atoms with Gasteiger partial charge in [-0.15, -0.1) is 0 Å². The minimum absolute atomic E-state index is 0.229. The fourth-order valence-electron chi connectivity index (χ4n) is 2.62. The number of β-amino-alcohol motifs (C(OH)–C–C–N with tert-alkyl or cyclic N) is 1. The summed E-state index contributed by atoms with van der Waals surface area (Å²) < 4.78 is 1.03. The van der Waals surface area contributed by atoms with Crippen molar-refractivity contribution in [3.63, 3.8) is 0 Å². The highest BCUT2D eigenvalue weighted by molar-refractivity contribution is 9.10. The number of rotatable bonds is 4. The highest BCUT2D eigenvalue weighted by Crippen LogP contribution is 2.30. The molecule has 4 nitrogen and oxygen atoms in total. The molecule has 1 aromatic rings. The zero-order valence-corrected chi connectivity index (χ0v) is 13.5. The van der Waals surface area contributed by atoms with Crippen molar-refractivity contribution in [1.29, 1.82) is 0 Å². The van der Waals surface area contributed by atoms with E-state index in [-0.39, 0.29) is 6.61 Å². The van der Waals surface area contributed by atoms with Gasteiger partial charge >= 0.3 is 0 Å². The number of hydrogen-bond acceptors (Lipinski definition) is 4. The van der Waals surface area contributed by atoms with Crippen molar-refractivity contribution in [2.45, 2.75) is 19.4 Å². The van der Waals surface area contributed by atoms with Gasteiger partial charge in [0.2, 0.25) is 0 Å². The number of benzene rings is 1. The summed E-state index contributed by atoms with van der Waals surface area (Å²) in [6.07, 6.45) is 0.662. The van der Waals surface area contributed by atoms with Crippen LogP contribution in [0.25, 0.3) is 0 Å². The van der Waals surface area contributed by atoms with Gasteiger partial charge in [-0.2, -0.15) is 0 Å². The van der Waals surface area contributed by atoms with Gasteiger partial charge in [0, 0.05) is 30.7 Å². The average molecular weight is 343 g/mol. The number of hydrogen-bond donors (Lipinski definition) is 2. The Morgan fingerprint density at radius 2 is 2.05 bits per heavy atom. The van der Waals surface area contributed by atoms with Gasteiger partial charge in [0.25, 0.3) is 0 Å². The molecule has 1 atom stereocenters. The first-order chi connectivity index (χ1) is 9.61. The van der Waals surface area contributed by atoms with Crippen LogP contribution in [0.2, 0.25) is 0 Å². The summed E-state index contributed by atoms with van der Waals surface area (Å²) in [7, 11) is 0. The van der Waals surface area contributed by atoms with Crippen molar-refractivity contribution in [3.8, 4) is 0 Å². The van der Waals surface area contributed by atoms with E-state index in [1.165, 1.54) is 5.69 Å². The molecule has 112 valence electrons. The molecular weight excluding hydrogens is 320 g/mol. The quantitative estimate of drug-likeness (QED) is 0.878. The SMILES string of the molecule is C[C@@H](O)c1ccc(N2CCCN(CCO)CC2)c(Br)c1. The van der Waals surface area contributed by atoms with Crippen molar-refractivity contribution in [3.05, 3.63) is 28.2 Å². The van der Waals surface area contributed by atoms with E-state index in [1.807, 2.05) is 12.1 Å². The predicted octanol–water partition coefficient (Wildman–Crippen LogP) is 2.01. The molecule has 1 aliphatic rings. The van der Waals surface area contributed by atoms with E-state index in [9.17, 15) is 5.11 Å². The third-order valence-electron chi connectivity index (χ3n) is 3.80. The monoisotopic (exact) mass is 342 g/mol. The highest BCUT2D eigenvalue weighted by atomic mass is 79.9. The van der Waals surface area contributed by atoms with Crippen LogP contribution < -0.4 is 4.90 Å². The largest absolute Gasteiger partial charge is 0.395 e. The number of aliphatic hydroxyl groups is 2. The van der Waals surface area contributed by atoms with Crippen LogP contribution in [0.3, 0.4) is 0 Å². The second-order valence-corrected chi connectivity index (χ2v) is 6.15. The molecule has 0 spiro atoms. The zero-order valence-electron chi connectivity index (χ0n) is 11.9. The van der Waals surface area contributed by atoms with Gasteiger partial charge in [-0.25, -0.2) is 0 Å². The van der Waals surface area contributed by atoms with Crippen molar-refractivity contribution in [2.24, 2.45) is 0 Å². The number of halogens is 1. The summed E-state index contributed by atoms with van der Waals surface area (Å²) in [5, 5.41) is 18.7. The van der Waals surface area contributed by atoms with Crippen LogP contribution in [0, 0.1) is 0 Å². The van der Waals surface area contributed by atoms with Crippen molar-refractivity contribution >= 4 is 21.6 Å². The first-order valence-corrected chi connectivity index (χ1v) is 7.97. The molecule has 0 saturated carbocycles. The van der Waals surface area contributed by atoms with Gasteiger partial charge < -0.3 is 15.1 Å². The molecule has 0 unspecified atom stereocenters. The Morgan fingerprint density at radius 3 is 2.70 bits per heavy atom. The van der Waals surface area contributed by atoms with Gasteiger partial charge in [-0.3, -0.25) is 4.90 Å². The van der Waals surface area contributed by atoms with Crippen LogP contribution in [0.15, 0.2) is 22.7 Å². The molecule has 1 aromatic carbocycles. The third-order valence-corrected chi connectivity index (χ3v) is 4.43. The lowest BCUT2D eigenvalue weighted by molar-refractivity contribution is 0.199. The molecule has 5 heteroatoms. The second kappa shape index (κ2) is 7.41. The molecule has 1 saturated heterocycles. The van der Waals surface area contributed by atoms with Gasteiger partial charge in [0.15, 0.2) is 0 Å². The minimum atomic E-state index is -0.440. The van der Waals surface area contributed by atoms with Crippen LogP contribution in [0.1, 0.15) is 25.0 Å². The van der Waals surface area contributed by atoms with Crippen LogP contribution in [0.4, 0.5) is 5.69 Å². The van der Waals surface area contributed by atoms with Crippen LogP contribution in [0.5, 0.6) is 0 Å². The lowest BCUT2D eigenvalue weighted by atomic mass is 10.1. The number of nitrogens with zero attached hydrogens (tertiary/aromatic N) is 2. The van der Waals surface area contributed by atoms with Gasteiger partial charge in [-0.05, 0) is 53.5 Å². The third kappa shape index (κ3) is 3.95. The lowest BCUT2D eigenvalue weighted by Crippen LogP contribution is -2.32. The topological polar surface area (TPSA) is 46.9 Å². The fraction of sp³-hybridized carbons (Fsp3) is 0.600. The summed E-state index contributed by atoms with van der Waals surface area (Å²) >= 11 is 3.62. The summed E-state index contributed by atoms with van der Waals surface area (Å²) in [6, 6.07) is 6.06. The molecule has 2 N–H and O–H groups in total. The van der Waals surface area contributed by atoms with E-state index < -0.39 is 6.10 Å².